The van der Waals surface area contributed by atoms with Crippen molar-refractivity contribution in [1.29, 1.82) is 0 Å². The first-order valence-electron chi connectivity index (χ1n) is 7.96. The summed E-state index contributed by atoms with van der Waals surface area (Å²) in [5, 5.41) is 10.3. The summed E-state index contributed by atoms with van der Waals surface area (Å²) in [6.45, 7) is 4.13. The summed E-state index contributed by atoms with van der Waals surface area (Å²) >= 11 is 0. The Hall–Kier alpha value is -0.0800. The average Bonchev–Trinajstić information content (AvgIpc) is 2.48. The van der Waals surface area contributed by atoms with E-state index in [4.69, 9.17) is 4.74 Å². The molecule has 0 unspecified atom stereocenters. The van der Waals surface area contributed by atoms with Crippen molar-refractivity contribution in [3.63, 3.8) is 0 Å². The smallest absolute Gasteiger partial charge is 0.119 e. The number of rotatable bonds is 4. The number of hydrogen-bond donors (Lipinski definition) is 1. The maximum Gasteiger partial charge on any atom is 0.119 e. The lowest BCUT2D eigenvalue weighted by Gasteiger charge is -2.45. The van der Waals surface area contributed by atoms with Gasteiger partial charge in [0.15, 0.2) is 0 Å². The Labute approximate surface area is 165 Å². The van der Waals surface area contributed by atoms with Crippen molar-refractivity contribution in [3.8, 4) is 5.75 Å². The van der Waals surface area contributed by atoms with Gasteiger partial charge < -0.3 is 9.84 Å². The Balaban J connectivity index is 0.00000176. The van der Waals surface area contributed by atoms with Crippen LogP contribution in [-0.4, -0.2) is 42.5 Å². The number of fused-ring (bicyclic) bond motifs is 3. The second kappa shape index (κ2) is 10.8. The summed E-state index contributed by atoms with van der Waals surface area (Å²) in [6.07, 6.45) is 1.80. The molecule has 140 valence electrons. The van der Waals surface area contributed by atoms with Crippen LogP contribution in [0.1, 0.15) is 36.9 Å². The SMILES string of the molecule is CCOc1ccc2c(c1)CCN1C[C@H](CC[19F])[C@@H](O)C[C@@H]21.S.S.S. The van der Waals surface area contributed by atoms with Crippen molar-refractivity contribution in [2.45, 2.75) is 38.3 Å². The zero-order chi connectivity index (χ0) is 14.8. The predicted molar refractivity (Wildman–Crippen MR) is 111 cm³/mol. The molecule has 1 N–H and O–H groups in total. The standard InChI is InChI=1S/C17H24FNO2.3H2S/c1-2-21-14-3-4-15-12(9-14)6-8-19-11-13(5-7-18)17(20)10-16(15)19;;;/h3-4,9,13,16-17,20H,2,5-8,10-11H2,1H3;3*1H2/t13-,16-,17-;;;/m0.../s1/i18+0;;;. The highest BCUT2D eigenvalue weighted by molar-refractivity contribution is 7.59. The van der Waals surface area contributed by atoms with Crippen molar-refractivity contribution >= 4 is 40.5 Å². The summed E-state index contributed by atoms with van der Waals surface area (Å²) in [6, 6.07) is 6.57. The number of alkyl halides is 1. The number of hydrogen-bond acceptors (Lipinski definition) is 3. The molecule has 1 fully saturated rings. The fourth-order valence-corrected chi connectivity index (χ4v) is 3.76. The highest BCUT2D eigenvalue weighted by atomic mass is 32.1. The van der Waals surface area contributed by atoms with Crippen LogP contribution in [0, 0.1) is 5.92 Å². The quantitative estimate of drug-likeness (QED) is 0.850. The van der Waals surface area contributed by atoms with Gasteiger partial charge in [-0.15, -0.1) is 0 Å². The fraction of sp³-hybridized carbons (Fsp3) is 0.647. The third-order valence-corrected chi connectivity index (χ3v) is 4.85. The molecule has 0 aliphatic carbocycles. The molecule has 0 bridgehead atoms. The Morgan fingerprint density at radius 2 is 2.04 bits per heavy atom. The highest BCUT2D eigenvalue weighted by Gasteiger charge is 2.37. The molecular weight excluding hydrogens is 365 g/mol. The zero-order valence-electron chi connectivity index (χ0n) is 14.1. The molecule has 0 amide bonds. The van der Waals surface area contributed by atoms with Gasteiger partial charge >= 0.3 is 0 Å². The van der Waals surface area contributed by atoms with E-state index in [1.807, 2.05) is 13.0 Å². The number of benzene rings is 1. The molecule has 24 heavy (non-hydrogen) atoms. The highest BCUT2D eigenvalue weighted by Crippen LogP contribution is 2.40. The lowest BCUT2D eigenvalue weighted by Crippen LogP contribution is -2.48. The van der Waals surface area contributed by atoms with E-state index in [1.54, 1.807) is 0 Å². The minimum absolute atomic E-state index is 0. The number of aliphatic hydroxyl groups is 1. The van der Waals surface area contributed by atoms with Gasteiger partial charge in [-0.2, -0.15) is 40.5 Å². The fourth-order valence-electron chi connectivity index (χ4n) is 3.76. The van der Waals surface area contributed by atoms with Crippen molar-refractivity contribution in [2.24, 2.45) is 5.92 Å². The second-order valence-electron chi connectivity index (χ2n) is 6.10. The van der Waals surface area contributed by atoms with Crippen LogP contribution in [0.2, 0.25) is 0 Å². The number of piperidine rings is 1. The van der Waals surface area contributed by atoms with E-state index < -0.39 is 0 Å². The first-order chi connectivity index (χ1) is 10.2. The summed E-state index contributed by atoms with van der Waals surface area (Å²) in [5.74, 6) is 1.01. The molecule has 3 nitrogen and oxygen atoms in total. The van der Waals surface area contributed by atoms with Crippen molar-refractivity contribution in [2.75, 3.05) is 26.4 Å². The molecule has 0 spiro atoms. The summed E-state index contributed by atoms with van der Waals surface area (Å²) in [5.41, 5.74) is 2.64. The number of nitrogens with zero attached hydrogens (tertiary/aromatic N) is 1. The molecule has 3 rings (SSSR count). The largest absolute Gasteiger partial charge is 0.494 e. The number of aliphatic hydroxyl groups excluding tert-OH is 1. The van der Waals surface area contributed by atoms with Gasteiger partial charge in [0.2, 0.25) is 0 Å². The van der Waals surface area contributed by atoms with E-state index in [9.17, 15) is 9.50 Å². The molecule has 2 aliphatic rings. The van der Waals surface area contributed by atoms with Crippen LogP contribution < -0.4 is 4.74 Å². The molecule has 0 radical (unpaired) electrons. The minimum atomic E-state index is -0.389. The van der Waals surface area contributed by atoms with E-state index in [1.165, 1.54) is 11.1 Å². The van der Waals surface area contributed by atoms with E-state index in [2.05, 4.69) is 17.0 Å². The lowest BCUT2D eigenvalue weighted by atomic mass is 9.81. The first-order valence-corrected chi connectivity index (χ1v) is 7.96. The monoisotopic (exact) mass is 395 g/mol. The lowest BCUT2D eigenvalue weighted by molar-refractivity contribution is -0.0169. The minimum Gasteiger partial charge on any atom is -0.494 e. The number of ether oxygens (including phenoxy) is 1. The van der Waals surface area contributed by atoms with Gasteiger partial charge in [0.1, 0.15) is 5.75 Å². The second-order valence-corrected chi connectivity index (χ2v) is 6.10. The molecule has 3 atom stereocenters. The van der Waals surface area contributed by atoms with E-state index in [0.29, 0.717) is 19.4 Å². The van der Waals surface area contributed by atoms with Crippen LogP contribution in [0.15, 0.2) is 18.2 Å². The molecule has 0 aromatic heterocycles. The van der Waals surface area contributed by atoms with Gasteiger partial charge in [-0.1, -0.05) is 6.07 Å². The van der Waals surface area contributed by atoms with Gasteiger partial charge in [-0.25, -0.2) is 0 Å². The van der Waals surface area contributed by atoms with Crippen LogP contribution in [0.4, 0.5) is 4.39 Å². The van der Waals surface area contributed by atoms with Gasteiger partial charge in [0, 0.05) is 25.0 Å². The Bertz CT molecular complexity index is 507. The van der Waals surface area contributed by atoms with Crippen molar-refractivity contribution in [1.82, 2.24) is 4.90 Å². The average molecular weight is 396 g/mol. The predicted octanol–water partition coefficient (Wildman–Crippen LogP) is 3.06. The topological polar surface area (TPSA) is 32.7 Å². The molecule has 7 heteroatoms. The third kappa shape index (κ3) is 4.97. The summed E-state index contributed by atoms with van der Waals surface area (Å²) in [7, 11) is 0. The van der Waals surface area contributed by atoms with E-state index in [0.717, 1.165) is 25.3 Å². The molecule has 1 aromatic carbocycles. The Kier molecular flexibility index (Phi) is 10.8. The molecule has 1 aromatic rings. The van der Waals surface area contributed by atoms with Crippen LogP contribution >= 0.6 is 40.5 Å². The van der Waals surface area contributed by atoms with Gasteiger partial charge in [-0.05, 0) is 49.4 Å². The normalized spacial score (nSPS) is 25.2. The maximum absolute atomic E-state index is 12.6. The van der Waals surface area contributed by atoms with Crippen LogP contribution in [0.3, 0.4) is 0 Å². The summed E-state index contributed by atoms with van der Waals surface area (Å²) < 4.78 is 18.2. The Morgan fingerprint density at radius 1 is 1.29 bits per heavy atom. The Morgan fingerprint density at radius 3 is 2.71 bits per heavy atom. The summed E-state index contributed by atoms with van der Waals surface area (Å²) in [4.78, 5) is 2.41. The maximum atomic E-state index is 12.6. The van der Waals surface area contributed by atoms with E-state index >= 15 is 0 Å². The van der Waals surface area contributed by atoms with E-state index in [-0.39, 0.29) is 65.2 Å². The van der Waals surface area contributed by atoms with Gasteiger partial charge in [-0.3, -0.25) is 9.29 Å². The van der Waals surface area contributed by atoms with Gasteiger partial charge in [0.05, 0.1) is 19.4 Å². The molecule has 0 saturated carbocycles. The van der Waals surface area contributed by atoms with Crippen molar-refractivity contribution < 1.29 is 14.2 Å². The number of halogens is 1. The van der Waals surface area contributed by atoms with Crippen LogP contribution in [0.5, 0.6) is 5.75 Å². The first kappa shape index (κ1) is 23.9. The third-order valence-electron chi connectivity index (χ3n) is 4.85. The zero-order valence-corrected chi connectivity index (χ0v) is 17.1. The molecular formula is C17H30FNO2S3. The molecule has 1 saturated heterocycles. The molecule has 2 aliphatic heterocycles. The van der Waals surface area contributed by atoms with Gasteiger partial charge in [0.25, 0.3) is 0 Å². The van der Waals surface area contributed by atoms with Crippen LogP contribution in [-0.2, 0) is 6.42 Å². The van der Waals surface area contributed by atoms with Crippen molar-refractivity contribution in [3.05, 3.63) is 29.3 Å². The van der Waals surface area contributed by atoms with Crippen LogP contribution in [0.25, 0.3) is 0 Å². The molecule has 2 heterocycles.